The third kappa shape index (κ3) is 3.96. The lowest BCUT2D eigenvalue weighted by atomic mass is 10.1. The van der Waals surface area contributed by atoms with Crippen LogP contribution >= 0.6 is 11.6 Å². The van der Waals surface area contributed by atoms with Gasteiger partial charge in [-0.15, -0.1) is 0 Å². The summed E-state index contributed by atoms with van der Waals surface area (Å²) in [7, 11) is 0. The molecule has 0 aliphatic heterocycles. The van der Waals surface area contributed by atoms with E-state index >= 15 is 0 Å². The number of pyridine rings is 1. The summed E-state index contributed by atoms with van der Waals surface area (Å²) >= 11 is 5.91. The molecule has 0 saturated heterocycles. The highest BCUT2D eigenvalue weighted by Crippen LogP contribution is 2.26. The molecule has 0 aliphatic carbocycles. The van der Waals surface area contributed by atoms with Gasteiger partial charge in [-0.25, -0.2) is 0 Å². The van der Waals surface area contributed by atoms with Crippen LogP contribution in [0.15, 0.2) is 42.7 Å². The van der Waals surface area contributed by atoms with Gasteiger partial charge in [-0.05, 0) is 36.2 Å². The molecule has 0 unspecified atom stereocenters. The van der Waals surface area contributed by atoms with Crippen molar-refractivity contribution in [1.82, 2.24) is 4.98 Å². The van der Waals surface area contributed by atoms with E-state index in [2.05, 4.69) is 10.3 Å². The number of halogens is 1. The van der Waals surface area contributed by atoms with Crippen LogP contribution in [-0.2, 0) is 11.2 Å². The quantitative estimate of drug-likeness (QED) is 0.844. The zero-order valence-electron chi connectivity index (χ0n) is 10.1. The number of aromatic nitrogens is 1. The van der Waals surface area contributed by atoms with Crippen LogP contribution in [0.5, 0.6) is 5.75 Å². The number of phenols is 1. The highest BCUT2D eigenvalue weighted by molar-refractivity contribution is 6.33. The van der Waals surface area contributed by atoms with Crippen molar-refractivity contribution in [3.8, 4) is 5.75 Å². The van der Waals surface area contributed by atoms with Crippen LogP contribution in [-0.4, -0.2) is 16.0 Å². The van der Waals surface area contributed by atoms with Gasteiger partial charge in [0, 0.05) is 24.9 Å². The van der Waals surface area contributed by atoms with Gasteiger partial charge in [0.1, 0.15) is 5.75 Å². The van der Waals surface area contributed by atoms with E-state index in [1.54, 1.807) is 18.5 Å². The number of aryl methyl sites for hydroxylation is 1. The predicted octanol–water partition coefficient (Wildman–Crippen LogP) is 3.01. The van der Waals surface area contributed by atoms with E-state index in [0.717, 1.165) is 5.56 Å². The van der Waals surface area contributed by atoms with Crippen molar-refractivity contribution >= 4 is 23.2 Å². The minimum Gasteiger partial charge on any atom is -0.508 e. The number of nitrogens with zero attached hydrogens (tertiary/aromatic N) is 1. The van der Waals surface area contributed by atoms with Gasteiger partial charge in [-0.2, -0.15) is 0 Å². The summed E-state index contributed by atoms with van der Waals surface area (Å²) < 4.78 is 0. The Labute approximate surface area is 116 Å². The van der Waals surface area contributed by atoms with Crippen LogP contribution in [0.25, 0.3) is 0 Å². The maximum absolute atomic E-state index is 11.8. The second-order valence-corrected chi connectivity index (χ2v) is 4.47. The number of carbonyl (C=O) groups is 1. The fraction of sp³-hybridized carbons (Fsp3) is 0.143. The third-order valence-electron chi connectivity index (χ3n) is 2.62. The number of anilines is 1. The van der Waals surface area contributed by atoms with Gasteiger partial charge in [-0.1, -0.05) is 11.6 Å². The Balaban J connectivity index is 1.91. The molecule has 0 bridgehead atoms. The lowest BCUT2D eigenvalue weighted by molar-refractivity contribution is -0.116. The van der Waals surface area contributed by atoms with E-state index in [1.807, 2.05) is 12.1 Å². The van der Waals surface area contributed by atoms with Crippen molar-refractivity contribution in [3.05, 3.63) is 53.3 Å². The number of amides is 1. The summed E-state index contributed by atoms with van der Waals surface area (Å²) in [5.41, 5.74) is 1.56. The number of benzene rings is 1. The number of phenolic OH excluding ortho intramolecular Hbond substituents is 1. The average Bonchev–Trinajstić information content (AvgIpc) is 2.41. The highest BCUT2D eigenvalue weighted by Gasteiger charge is 2.06. The maximum Gasteiger partial charge on any atom is 0.224 e. The van der Waals surface area contributed by atoms with Crippen LogP contribution < -0.4 is 5.32 Å². The summed E-state index contributed by atoms with van der Waals surface area (Å²) in [6.45, 7) is 0. The van der Waals surface area contributed by atoms with Crippen LogP contribution in [0.1, 0.15) is 12.0 Å². The lowest BCUT2D eigenvalue weighted by Gasteiger charge is -2.07. The van der Waals surface area contributed by atoms with Crippen LogP contribution in [0.4, 0.5) is 5.69 Å². The standard InChI is InChI=1S/C14H13ClN2O2/c15-12-9-11(18)2-3-13(12)17-14(19)4-1-10-5-7-16-8-6-10/h2-3,5-9,18H,1,4H2,(H,17,19). The largest absolute Gasteiger partial charge is 0.508 e. The van der Waals surface area contributed by atoms with Crippen molar-refractivity contribution in [1.29, 1.82) is 0 Å². The molecule has 1 aromatic heterocycles. The van der Waals surface area contributed by atoms with Crippen molar-refractivity contribution < 1.29 is 9.90 Å². The van der Waals surface area contributed by atoms with Crippen LogP contribution in [0.3, 0.4) is 0 Å². The first-order chi connectivity index (χ1) is 9.15. The maximum atomic E-state index is 11.8. The monoisotopic (exact) mass is 276 g/mol. The lowest BCUT2D eigenvalue weighted by Crippen LogP contribution is -2.12. The van der Waals surface area contributed by atoms with Gasteiger partial charge in [0.2, 0.25) is 5.91 Å². The summed E-state index contributed by atoms with van der Waals surface area (Å²) in [5.74, 6) is -0.0517. The molecule has 1 aromatic carbocycles. The molecule has 2 rings (SSSR count). The Morgan fingerprint density at radius 1 is 1.26 bits per heavy atom. The van der Waals surface area contributed by atoms with Gasteiger partial charge in [0.15, 0.2) is 0 Å². The number of hydrogen-bond donors (Lipinski definition) is 2. The summed E-state index contributed by atoms with van der Waals surface area (Å²) in [5, 5.41) is 12.2. The number of rotatable bonds is 4. The molecule has 0 atom stereocenters. The number of nitrogens with one attached hydrogen (secondary N) is 1. The molecule has 0 saturated carbocycles. The van der Waals surface area contributed by atoms with Gasteiger partial charge in [0.05, 0.1) is 10.7 Å². The van der Waals surface area contributed by atoms with Gasteiger partial charge in [0.25, 0.3) is 0 Å². The zero-order chi connectivity index (χ0) is 13.7. The number of hydrogen-bond acceptors (Lipinski definition) is 3. The van der Waals surface area contributed by atoms with Crippen LogP contribution in [0.2, 0.25) is 5.02 Å². The van der Waals surface area contributed by atoms with Crippen molar-refractivity contribution in [2.24, 2.45) is 0 Å². The van der Waals surface area contributed by atoms with E-state index < -0.39 is 0 Å². The molecule has 0 aliphatic rings. The number of aromatic hydroxyl groups is 1. The topological polar surface area (TPSA) is 62.2 Å². The molecule has 1 heterocycles. The molecule has 19 heavy (non-hydrogen) atoms. The SMILES string of the molecule is O=C(CCc1ccncc1)Nc1ccc(O)cc1Cl. The van der Waals surface area contributed by atoms with E-state index in [0.29, 0.717) is 23.6 Å². The van der Waals surface area contributed by atoms with Crippen molar-refractivity contribution in [3.63, 3.8) is 0 Å². The Morgan fingerprint density at radius 2 is 2.00 bits per heavy atom. The van der Waals surface area contributed by atoms with Crippen molar-refractivity contribution in [2.45, 2.75) is 12.8 Å². The molecule has 0 fully saturated rings. The molecule has 1 amide bonds. The van der Waals surface area contributed by atoms with Crippen LogP contribution in [0, 0.1) is 0 Å². The van der Waals surface area contributed by atoms with E-state index in [-0.39, 0.29) is 11.7 Å². The summed E-state index contributed by atoms with van der Waals surface area (Å²) in [6.07, 6.45) is 4.40. The number of carbonyl (C=O) groups excluding carboxylic acids is 1. The Morgan fingerprint density at radius 3 is 2.68 bits per heavy atom. The molecular weight excluding hydrogens is 264 g/mol. The summed E-state index contributed by atoms with van der Waals surface area (Å²) in [4.78, 5) is 15.7. The fourth-order valence-corrected chi connectivity index (χ4v) is 1.85. The van der Waals surface area contributed by atoms with Crippen molar-refractivity contribution in [2.75, 3.05) is 5.32 Å². The second kappa shape index (κ2) is 6.20. The Hall–Kier alpha value is -2.07. The highest BCUT2D eigenvalue weighted by atomic mass is 35.5. The molecule has 0 spiro atoms. The molecule has 98 valence electrons. The molecule has 2 N–H and O–H groups in total. The zero-order valence-corrected chi connectivity index (χ0v) is 10.9. The normalized spacial score (nSPS) is 10.2. The van der Waals surface area contributed by atoms with Gasteiger partial charge >= 0.3 is 0 Å². The first kappa shape index (κ1) is 13.4. The molecule has 0 radical (unpaired) electrons. The first-order valence-electron chi connectivity index (χ1n) is 5.82. The smallest absolute Gasteiger partial charge is 0.224 e. The van der Waals surface area contributed by atoms with E-state index in [1.165, 1.54) is 12.1 Å². The van der Waals surface area contributed by atoms with Gasteiger partial charge in [-0.3, -0.25) is 9.78 Å². The van der Waals surface area contributed by atoms with Gasteiger partial charge < -0.3 is 10.4 Å². The second-order valence-electron chi connectivity index (χ2n) is 4.07. The fourth-order valence-electron chi connectivity index (χ4n) is 1.63. The molecule has 5 heteroatoms. The molecular formula is C14H13ClN2O2. The predicted molar refractivity (Wildman–Crippen MR) is 74.3 cm³/mol. The molecule has 2 aromatic rings. The molecule has 4 nitrogen and oxygen atoms in total. The van der Waals surface area contributed by atoms with E-state index in [4.69, 9.17) is 11.6 Å². The van der Waals surface area contributed by atoms with E-state index in [9.17, 15) is 9.90 Å². The Bertz CT molecular complexity index is 573. The third-order valence-corrected chi connectivity index (χ3v) is 2.93. The first-order valence-corrected chi connectivity index (χ1v) is 6.20. The summed E-state index contributed by atoms with van der Waals surface area (Å²) in [6, 6.07) is 8.19. The minimum atomic E-state index is -0.121. The Kier molecular flexibility index (Phi) is 4.36. The average molecular weight is 277 g/mol. The minimum absolute atomic E-state index is 0.0692.